The van der Waals surface area contributed by atoms with E-state index in [4.69, 9.17) is 0 Å². The lowest BCUT2D eigenvalue weighted by molar-refractivity contribution is 1.30. The summed E-state index contributed by atoms with van der Waals surface area (Å²) < 4.78 is 5.25. The van der Waals surface area contributed by atoms with Gasteiger partial charge in [-0.3, -0.25) is 0 Å². The molecule has 0 atom stereocenters. The van der Waals surface area contributed by atoms with Gasteiger partial charge in [-0.15, -0.1) is 22.7 Å². The maximum absolute atomic E-state index is 2.44. The van der Waals surface area contributed by atoms with Gasteiger partial charge in [0.05, 0.1) is 0 Å². The van der Waals surface area contributed by atoms with Crippen LogP contribution in [0.2, 0.25) is 0 Å². The van der Waals surface area contributed by atoms with Crippen LogP contribution >= 0.6 is 22.7 Å². The van der Waals surface area contributed by atoms with E-state index in [-0.39, 0.29) is 0 Å². The molecule has 0 saturated carbocycles. The van der Waals surface area contributed by atoms with Crippen molar-refractivity contribution >= 4 is 102 Å². The van der Waals surface area contributed by atoms with Gasteiger partial charge in [0.2, 0.25) is 0 Å². The molecule has 3 heteroatoms. The molecule has 2 aromatic heterocycles. The smallest absolute Gasteiger partial charge is 0.0476 e. The predicted molar refractivity (Wildman–Crippen MR) is 207 cm³/mol. The number of thiophene rings is 2. The lowest BCUT2D eigenvalue weighted by atomic mass is 9.96. The van der Waals surface area contributed by atoms with Crippen molar-refractivity contribution in [3.05, 3.63) is 164 Å². The first-order chi connectivity index (χ1) is 23.3. The molecule has 0 bridgehead atoms. The van der Waals surface area contributed by atoms with E-state index >= 15 is 0 Å². The summed E-state index contributed by atoms with van der Waals surface area (Å²) in [5, 5.41) is 10.3. The van der Waals surface area contributed by atoms with Crippen LogP contribution < -0.4 is 4.90 Å². The molecule has 0 radical (unpaired) electrons. The zero-order chi connectivity index (χ0) is 30.9. The summed E-state index contributed by atoms with van der Waals surface area (Å²) in [4.78, 5) is 2.44. The van der Waals surface area contributed by atoms with Crippen molar-refractivity contribution in [3.8, 4) is 11.1 Å². The fourth-order valence-corrected chi connectivity index (χ4v) is 9.42. The van der Waals surface area contributed by atoms with Gasteiger partial charge >= 0.3 is 0 Å². The van der Waals surface area contributed by atoms with Crippen molar-refractivity contribution in [2.45, 2.75) is 0 Å². The highest BCUT2D eigenvalue weighted by Gasteiger charge is 2.17. The van der Waals surface area contributed by atoms with Gasteiger partial charge in [-0.05, 0) is 87.3 Å². The second kappa shape index (κ2) is 10.5. The van der Waals surface area contributed by atoms with Crippen LogP contribution in [-0.2, 0) is 0 Å². The average Bonchev–Trinajstić information content (AvgIpc) is 3.69. The Bertz CT molecular complexity index is 2690. The Kier molecular flexibility index (Phi) is 5.98. The molecule has 2 heterocycles. The van der Waals surface area contributed by atoms with Gasteiger partial charge in [0.15, 0.2) is 0 Å². The second-order valence-electron chi connectivity index (χ2n) is 12.2. The van der Waals surface area contributed by atoms with E-state index in [0.717, 1.165) is 17.1 Å². The molecule has 8 aromatic carbocycles. The quantitative estimate of drug-likeness (QED) is 0.174. The predicted octanol–water partition coefficient (Wildman–Crippen LogP) is 13.9. The van der Waals surface area contributed by atoms with E-state index in [1.54, 1.807) is 0 Å². The maximum atomic E-state index is 2.44. The zero-order valence-corrected chi connectivity index (χ0v) is 27.0. The van der Waals surface area contributed by atoms with Crippen LogP contribution in [0, 0.1) is 0 Å². The van der Waals surface area contributed by atoms with E-state index in [9.17, 15) is 0 Å². The Balaban J connectivity index is 1.21. The van der Waals surface area contributed by atoms with E-state index in [0.29, 0.717) is 0 Å². The molecule has 0 amide bonds. The normalized spacial score (nSPS) is 11.8. The van der Waals surface area contributed by atoms with Gasteiger partial charge < -0.3 is 4.90 Å². The number of anilines is 3. The van der Waals surface area contributed by atoms with Crippen LogP contribution in [0.15, 0.2) is 164 Å². The Hall–Kier alpha value is -5.48. The van der Waals surface area contributed by atoms with Crippen LogP contribution in [0.1, 0.15) is 0 Å². The van der Waals surface area contributed by atoms with Crippen molar-refractivity contribution in [1.82, 2.24) is 0 Å². The van der Waals surface area contributed by atoms with Gasteiger partial charge in [-0.25, -0.2) is 0 Å². The highest BCUT2D eigenvalue weighted by atomic mass is 32.1. The Morgan fingerprint density at radius 1 is 0.298 bits per heavy atom. The van der Waals surface area contributed by atoms with E-state index < -0.39 is 0 Å². The largest absolute Gasteiger partial charge is 0.310 e. The molecular weight excluding hydrogens is 607 g/mol. The number of nitrogens with zero attached hydrogens (tertiary/aromatic N) is 1. The fraction of sp³-hybridized carbons (Fsp3) is 0. The van der Waals surface area contributed by atoms with Crippen molar-refractivity contribution in [2.75, 3.05) is 4.90 Å². The number of hydrogen-bond acceptors (Lipinski definition) is 3. The molecule has 220 valence electrons. The monoisotopic (exact) mass is 633 g/mol. The van der Waals surface area contributed by atoms with Crippen LogP contribution in [0.5, 0.6) is 0 Å². The van der Waals surface area contributed by atoms with Gasteiger partial charge in [-0.2, -0.15) is 0 Å². The molecule has 0 aliphatic heterocycles. The van der Waals surface area contributed by atoms with Crippen molar-refractivity contribution in [2.24, 2.45) is 0 Å². The van der Waals surface area contributed by atoms with Gasteiger partial charge in [-0.1, -0.05) is 109 Å². The van der Waals surface area contributed by atoms with Crippen LogP contribution in [0.3, 0.4) is 0 Å². The summed E-state index contributed by atoms with van der Waals surface area (Å²) in [6.07, 6.45) is 0. The number of rotatable bonds is 4. The van der Waals surface area contributed by atoms with Crippen molar-refractivity contribution in [1.29, 1.82) is 0 Å². The zero-order valence-electron chi connectivity index (χ0n) is 25.4. The number of hydrogen-bond donors (Lipinski definition) is 0. The lowest BCUT2D eigenvalue weighted by Crippen LogP contribution is -2.09. The molecule has 0 saturated heterocycles. The summed E-state index contributed by atoms with van der Waals surface area (Å²) in [5.74, 6) is 0. The number of benzene rings is 8. The average molecular weight is 634 g/mol. The fourth-order valence-electron chi connectivity index (χ4n) is 7.14. The molecule has 0 fully saturated rings. The maximum Gasteiger partial charge on any atom is 0.0476 e. The first-order valence-electron chi connectivity index (χ1n) is 15.9. The third kappa shape index (κ3) is 4.35. The molecule has 0 aliphatic rings. The Labute approximate surface area is 280 Å². The summed E-state index contributed by atoms with van der Waals surface area (Å²) >= 11 is 3.74. The topological polar surface area (TPSA) is 3.24 Å². The third-order valence-electron chi connectivity index (χ3n) is 9.43. The summed E-state index contributed by atoms with van der Waals surface area (Å²) in [7, 11) is 0. The highest BCUT2D eigenvalue weighted by molar-refractivity contribution is 7.26. The summed E-state index contributed by atoms with van der Waals surface area (Å²) in [5.41, 5.74) is 5.94. The molecule has 0 aliphatic carbocycles. The van der Waals surface area contributed by atoms with E-state index in [2.05, 4.69) is 169 Å². The standard InChI is InChI=1S/C44H27NS2/c1-2-8-28(9-3-1)31-17-16-29-14-15-30-18-19-32(25-40(30)39(29)24-31)45(33-20-22-37-35-10-4-6-12-41(35)46-43(37)26-33)34-21-23-38-36-11-5-7-13-42(36)47-44(38)27-34/h1-27H. The summed E-state index contributed by atoms with van der Waals surface area (Å²) in [6, 6.07) is 60.3. The Morgan fingerprint density at radius 2 is 0.766 bits per heavy atom. The SMILES string of the molecule is c1ccc(-c2ccc3ccc4ccc(N(c5ccc6c(c5)sc5ccccc56)c5ccc6c(c5)sc5ccccc56)cc4c3c2)cc1. The molecule has 1 nitrogen and oxygen atoms in total. The lowest BCUT2D eigenvalue weighted by Gasteiger charge is -2.26. The molecule has 0 unspecified atom stereocenters. The van der Waals surface area contributed by atoms with Gasteiger partial charge in [0.1, 0.15) is 0 Å². The minimum Gasteiger partial charge on any atom is -0.310 e. The summed E-state index contributed by atoms with van der Waals surface area (Å²) in [6.45, 7) is 0. The first-order valence-corrected chi connectivity index (χ1v) is 17.5. The third-order valence-corrected chi connectivity index (χ3v) is 11.7. The Morgan fingerprint density at radius 3 is 1.40 bits per heavy atom. The molecule has 10 rings (SSSR count). The van der Waals surface area contributed by atoms with Crippen molar-refractivity contribution in [3.63, 3.8) is 0 Å². The molecule has 10 aromatic rings. The van der Waals surface area contributed by atoms with Crippen LogP contribution in [-0.4, -0.2) is 0 Å². The van der Waals surface area contributed by atoms with E-state index in [1.807, 2.05) is 22.7 Å². The van der Waals surface area contributed by atoms with Crippen LogP contribution in [0.4, 0.5) is 17.1 Å². The minimum atomic E-state index is 1.15. The van der Waals surface area contributed by atoms with Crippen molar-refractivity contribution < 1.29 is 0 Å². The van der Waals surface area contributed by atoms with Crippen LogP contribution in [0.25, 0.3) is 73.0 Å². The minimum absolute atomic E-state index is 1.15. The molecular formula is C44H27NS2. The molecule has 0 spiro atoms. The molecule has 47 heavy (non-hydrogen) atoms. The first kappa shape index (κ1) is 26.7. The second-order valence-corrected chi connectivity index (χ2v) is 14.3. The van der Waals surface area contributed by atoms with Gasteiger partial charge in [0, 0.05) is 57.4 Å². The van der Waals surface area contributed by atoms with Gasteiger partial charge in [0.25, 0.3) is 0 Å². The number of fused-ring (bicyclic) bond motifs is 9. The highest BCUT2D eigenvalue weighted by Crippen LogP contribution is 2.44. The van der Waals surface area contributed by atoms with E-state index in [1.165, 1.54) is 73.0 Å². The molecule has 0 N–H and O–H groups in total.